The Labute approximate surface area is 369 Å². The van der Waals surface area contributed by atoms with Gasteiger partial charge in [0.2, 0.25) is 11.8 Å². The van der Waals surface area contributed by atoms with Gasteiger partial charge in [-0.2, -0.15) is 0 Å². The lowest BCUT2D eigenvalue weighted by atomic mass is 9.92. The van der Waals surface area contributed by atoms with Crippen LogP contribution in [-0.2, 0) is 25.5 Å². The molecule has 1 N–H and O–H groups in total. The van der Waals surface area contributed by atoms with Gasteiger partial charge in [0.05, 0.1) is 31.1 Å². The summed E-state index contributed by atoms with van der Waals surface area (Å²) in [5.74, 6) is -0.346. The van der Waals surface area contributed by atoms with Crippen molar-refractivity contribution in [3.05, 3.63) is 144 Å². The molecule has 4 atom stereocenters. The van der Waals surface area contributed by atoms with E-state index in [1.807, 2.05) is 35.5 Å². The van der Waals surface area contributed by atoms with Crippen LogP contribution in [0.15, 0.2) is 121 Å². The number of H-pyrrole nitrogens is 1. The highest BCUT2D eigenvalue weighted by atomic mass is 19.1. The number of methoxy groups -OCH3 is 1. The Morgan fingerprint density at radius 1 is 0.794 bits per heavy atom. The maximum atomic E-state index is 14.5. The molecule has 4 aromatic carbocycles. The van der Waals surface area contributed by atoms with Crippen molar-refractivity contribution in [3.63, 3.8) is 0 Å². The number of carbonyl (C=O) groups excluding carboxylic acids is 3. The lowest BCUT2D eigenvalue weighted by Gasteiger charge is -2.35. The van der Waals surface area contributed by atoms with Crippen molar-refractivity contribution >= 4 is 29.1 Å². The molecule has 0 spiro atoms. The molecule has 0 bridgehead atoms. The number of carbonyl (C=O) groups is 3. The molecule has 8 rings (SSSR count). The van der Waals surface area contributed by atoms with Crippen LogP contribution in [0, 0.1) is 11.7 Å². The topological polar surface area (TPSA) is 111 Å². The molecular formula is C52H57FN6O4. The number of esters is 1. The van der Waals surface area contributed by atoms with Crippen LogP contribution in [0.4, 0.5) is 4.39 Å². The first-order valence-electron chi connectivity index (χ1n) is 22.5. The number of imidazole rings is 1. The molecule has 4 heterocycles. The van der Waals surface area contributed by atoms with Crippen molar-refractivity contribution in [2.45, 2.75) is 83.3 Å². The number of allylic oxidation sites excluding steroid dienone is 1. The van der Waals surface area contributed by atoms with Crippen LogP contribution in [0.1, 0.15) is 93.4 Å². The molecule has 0 radical (unpaired) electrons. The van der Waals surface area contributed by atoms with Crippen LogP contribution in [-0.4, -0.2) is 87.5 Å². The maximum absolute atomic E-state index is 14.5. The standard InChI is InChI=1S/C52H57FN6O4/c1-4-57(5-2)50(40-13-7-6-8-14-40)52(62)59-28-11-17-46(59)44-32-42(33-54-44)38-21-19-36(20-22-38)37-23-25-39(26-24-37)45-34-55-51(56-45)47-18-12-27-58(47)48(60)30-35(31-49(61)63-3)29-41-15-9-10-16-43(41)53/h6-10,13-16,19-26,33-35,46-47,50H,4-5,11-12,17-18,27-32H2,1-3H3,(H,55,56)/t35-,46+,47+,50-/m1/s1. The maximum Gasteiger partial charge on any atom is 0.305 e. The van der Waals surface area contributed by atoms with E-state index >= 15 is 0 Å². The minimum absolute atomic E-state index is 0.00626. The highest BCUT2D eigenvalue weighted by molar-refractivity contribution is 6.03. The van der Waals surface area contributed by atoms with Gasteiger partial charge in [0.15, 0.2) is 0 Å². The summed E-state index contributed by atoms with van der Waals surface area (Å²) >= 11 is 0. The summed E-state index contributed by atoms with van der Waals surface area (Å²) in [7, 11) is 1.32. The minimum Gasteiger partial charge on any atom is -0.469 e. The first-order chi connectivity index (χ1) is 30.7. The van der Waals surface area contributed by atoms with E-state index in [4.69, 9.17) is 14.7 Å². The molecule has 5 aromatic rings. The van der Waals surface area contributed by atoms with Crippen LogP contribution in [0.2, 0.25) is 0 Å². The van der Waals surface area contributed by atoms with Crippen molar-refractivity contribution < 1.29 is 23.5 Å². The molecule has 0 unspecified atom stereocenters. The molecule has 63 heavy (non-hydrogen) atoms. The number of amides is 2. The fraction of sp³-hybridized carbons (Fsp3) is 0.365. The number of ether oxygens (including phenoxy) is 1. The van der Waals surface area contributed by atoms with Gasteiger partial charge in [-0.25, -0.2) is 9.37 Å². The average molecular weight is 849 g/mol. The second-order valence-corrected chi connectivity index (χ2v) is 16.9. The van der Waals surface area contributed by atoms with Crippen LogP contribution < -0.4 is 0 Å². The van der Waals surface area contributed by atoms with E-state index in [-0.39, 0.29) is 55.0 Å². The lowest BCUT2D eigenvalue weighted by Crippen LogP contribution is -2.47. The normalized spacial score (nSPS) is 18.4. The Hall–Kier alpha value is -6.20. The second-order valence-electron chi connectivity index (χ2n) is 16.9. The molecule has 3 aliphatic heterocycles. The Morgan fingerprint density at radius 2 is 1.43 bits per heavy atom. The summed E-state index contributed by atoms with van der Waals surface area (Å²) in [6.07, 6.45) is 8.46. The predicted molar refractivity (Wildman–Crippen MR) is 245 cm³/mol. The van der Waals surface area contributed by atoms with Crippen molar-refractivity contribution in [1.29, 1.82) is 0 Å². The summed E-state index contributed by atoms with van der Waals surface area (Å²) in [6, 6.07) is 33.1. The van der Waals surface area contributed by atoms with E-state index in [9.17, 15) is 18.8 Å². The second kappa shape index (κ2) is 19.9. The van der Waals surface area contributed by atoms with Gasteiger partial charge in [0, 0.05) is 44.3 Å². The number of aromatic amines is 1. The minimum atomic E-state index is -0.419. The summed E-state index contributed by atoms with van der Waals surface area (Å²) in [5.41, 5.74) is 8.92. The number of likely N-dealkylation sites (tertiary alicyclic amines) is 2. The third-order valence-corrected chi connectivity index (χ3v) is 13.1. The Kier molecular flexibility index (Phi) is 13.7. The predicted octanol–water partition coefficient (Wildman–Crippen LogP) is 9.62. The van der Waals surface area contributed by atoms with Crippen molar-refractivity contribution in [1.82, 2.24) is 24.7 Å². The molecular weight excluding hydrogens is 792 g/mol. The van der Waals surface area contributed by atoms with Crippen molar-refractivity contribution in [3.8, 4) is 22.4 Å². The zero-order chi connectivity index (χ0) is 43.9. The highest BCUT2D eigenvalue weighted by Gasteiger charge is 2.39. The van der Waals surface area contributed by atoms with Gasteiger partial charge in [-0.3, -0.25) is 24.3 Å². The summed E-state index contributed by atoms with van der Waals surface area (Å²) in [6.45, 7) is 7.18. The van der Waals surface area contributed by atoms with Crippen LogP contribution >= 0.6 is 0 Å². The lowest BCUT2D eigenvalue weighted by molar-refractivity contribution is -0.142. The van der Waals surface area contributed by atoms with Gasteiger partial charge in [0.25, 0.3) is 0 Å². The summed E-state index contributed by atoms with van der Waals surface area (Å²) in [5, 5.41) is 0. The number of hydrogen-bond acceptors (Lipinski definition) is 7. The van der Waals surface area contributed by atoms with Gasteiger partial charge >= 0.3 is 5.97 Å². The van der Waals surface area contributed by atoms with E-state index < -0.39 is 11.9 Å². The molecule has 0 saturated carbocycles. The van der Waals surface area contributed by atoms with E-state index in [2.05, 4.69) is 89.3 Å². The smallest absolute Gasteiger partial charge is 0.305 e. The largest absolute Gasteiger partial charge is 0.469 e. The van der Waals surface area contributed by atoms with Crippen LogP contribution in [0.3, 0.4) is 0 Å². The monoisotopic (exact) mass is 848 g/mol. The van der Waals surface area contributed by atoms with Crippen LogP contribution in [0.5, 0.6) is 0 Å². The fourth-order valence-corrected chi connectivity index (χ4v) is 9.69. The van der Waals surface area contributed by atoms with E-state index in [0.29, 0.717) is 12.1 Å². The zero-order valence-corrected chi connectivity index (χ0v) is 36.5. The number of aliphatic imine (C=N–C) groups is 1. The van der Waals surface area contributed by atoms with Gasteiger partial charge in [-0.1, -0.05) is 111 Å². The van der Waals surface area contributed by atoms with Gasteiger partial charge in [-0.15, -0.1) is 0 Å². The van der Waals surface area contributed by atoms with E-state index in [0.717, 1.165) is 102 Å². The number of likely N-dealkylation sites (N-methyl/N-ethyl adjacent to an activating group) is 1. The highest BCUT2D eigenvalue weighted by Crippen LogP contribution is 2.36. The number of rotatable bonds is 16. The third kappa shape index (κ3) is 9.74. The summed E-state index contributed by atoms with van der Waals surface area (Å²) in [4.78, 5) is 59.6. The molecule has 2 saturated heterocycles. The molecule has 3 aliphatic rings. The quantitative estimate of drug-likeness (QED) is 0.0991. The van der Waals surface area contributed by atoms with Crippen LogP contribution in [0.25, 0.3) is 28.0 Å². The molecule has 0 aliphatic carbocycles. The fourth-order valence-electron chi connectivity index (χ4n) is 9.69. The number of nitrogens with zero attached hydrogens (tertiary/aromatic N) is 5. The molecule has 2 fully saturated rings. The van der Waals surface area contributed by atoms with Gasteiger partial charge in [-0.05, 0) is 96.1 Å². The Bertz CT molecular complexity index is 2440. The number of nitrogens with one attached hydrogen (secondary N) is 1. The summed E-state index contributed by atoms with van der Waals surface area (Å²) < 4.78 is 19.4. The SMILES string of the molecule is CCN(CC)[C@@H](C(=O)N1CCC[C@H]1C1=NC=C(c2ccc(-c3ccc(-c4cnc([C@@H]5CCCN5C(=O)C[C@H](CC(=O)OC)Cc5ccccc5F)[nH]4)cc3)cc2)C1)c1ccccc1. The van der Waals surface area contributed by atoms with E-state index in [1.165, 1.54) is 13.2 Å². The zero-order valence-electron chi connectivity index (χ0n) is 36.5. The molecule has 10 nitrogen and oxygen atoms in total. The first-order valence-corrected chi connectivity index (χ1v) is 22.5. The molecule has 326 valence electrons. The molecule has 1 aromatic heterocycles. The molecule has 2 amide bonds. The molecule has 11 heteroatoms. The third-order valence-electron chi connectivity index (χ3n) is 13.1. The Balaban J connectivity index is 0.882. The first kappa shape index (κ1) is 43.4. The van der Waals surface area contributed by atoms with E-state index in [1.54, 1.807) is 18.2 Å². The Morgan fingerprint density at radius 3 is 2.11 bits per heavy atom. The van der Waals surface area contributed by atoms with Gasteiger partial charge < -0.3 is 19.5 Å². The number of hydrogen-bond donors (Lipinski definition) is 1. The number of benzene rings is 4. The average Bonchev–Trinajstić information content (AvgIpc) is 4.17. The van der Waals surface area contributed by atoms with Crippen molar-refractivity contribution in [2.75, 3.05) is 33.3 Å². The number of halogens is 1. The van der Waals surface area contributed by atoms with Crippen molar-refractivity contribution in [2.24, 2.45) is 10.9 Å². The number of aromatic nitrogens is 2. The van der Waals surface area contributed by atoms with Gasteiger partial charge in [0.1, 0.15) is 17.7 Å².